The van der Waals surface area contributed by atoms with E-state index in [1.807, 2.05) is 0 Å². The first-order chi connectivity index (χ1) is 1.91. The van der Waals surface area contributed by atoms with Crippen molar-refractivity contribution in [3.8, 4) is 0 Å². The van der Waals surface area contributed by atoms with Crippen LogP contribution in [-0.2, 0) is 103 Å². The average Bonchev–Trinajstić information content (AvgIpc) is 1.37. The summed E-state index contributed by atoms with van der Waals surface area (Å²) in [6, 6.07) is 0. The molecule has 0 aliphatic heterocycles. The molecule has 0 aliphatic rings. The zero-order chi connectivity index (χ0) is 3.41. The zero-order valence-corrected chi connectivity index (χ0v) is 15.9. The zero-order valence-electron chi connectivity index (χ0n) is 7.35. The first-order valence-corrected chi connectivity index (χ1v) is 1.26. The number of hydrogen-bond acceptors (Lipinski definition) is 1. The average molecular weight is 369 g/mol. The van der Waals surface area contributed by atoms with Crippen molar-refractivity contribution in [2.75, 3.05) is 0 Å². The van der Waals surface area contributed by atoms with Crippen LogP contribution in [0.4, 0.5) is 0 Å². The van der Waals surface area contributed by atoms with Crippen molar-refractivity contribution >= 4 is 6.29 Å². The molecule has 0 aliphatic carbocycles. The van der Waals surface area contributed by atoms with E-state index in [4.69, 9.17) is 4.79 Å². The Labute approximate surface area is 142 Å². The van der Waals surface area contributed by atoms with Crippen molar-refractivity contribution in [1.29, 1.82) is 0 Å². The molecule has 2 radical (unpaired) electrons. The molecule has 0 bridgehead atoms. The molecule has 0 saturated heterocycles. The van der Waals surface area contributed by atoms with E-state index < -0.39 is 0 Å². The fraction of sp³-hybridized carbons (Fsp3) is 0.333. The van der Waals surface area contributed by atoms with Gasteiger partial charge < -0.3 is 27.1 Å². The van der Waals surface area contributed by atoms with Crippen LogP contribution in [0.1, 0.15) is 13.3 Å². The molecule has 0 heterocycles. The Balaban J connectivity index is -0.00000000300. The van der Waals surface area contributed by atoms with Crippen LogP contribution in [-0.4, -0.2) is 6.29 Å². The van der Waals surface area contributed by atoms with Crippen molar-refractivity contribution in [3.05, 3.63) is 22.3 Å². The molecule has 0 atom stereocenters. The van der Waals surface area contributed by atoms with Crippen molar-refractivity contribution in [1.82, 2.24) is 0 Å². The van der Waals surface area contributed by atoms with Gasteiger partial charge in [-0.25, -0.2) is 0 Å². The fourth-order valence-corrected chi connectivity index (χ4v) is 0. The Morgan fingerprint density at radius 2 is 1.20 bits per heavy atom. The molecular weight excluding hydrogens is 355 g/mol. The van der Waals surface area contributed by atoms with Crippen molar-refractivity contribution < 1.29 is 103 Å². The first-order valence-electron chi connectivity index (χ1n) is 1.26. The maximum atomic E-state index is 9.05. The number of carbonyl (C=O) groups excluding carboxylic acids is 1. The second-order valence-electron chi connectivity index (χ2n) is 0.498. The molecule has 0 fully saturated rings. The molecule has 0 saturated carbocycles. The molecule has 0 unspecified atom stereocenters. The van der Waals surface area contributed by atoms with Crippen LogP contribution in [0.5, 0.6) is 0 Å². The molecule has 10 heavy (non-hydrogen) atoms. The Morgan fingerprint density at radius 3 is 1.20 bits per heavy atom. The summed E-state index contributed by atoms with van der Waals surface area (Å²) in [4.78, 5) is 9.05. The van der Waals surface area contributed by atoms with Gasteiger partial charge in [-0.1, -0.05) is 6.92 Å². The third kappa shape index (κ3) is 69.0. The van der Waals surface area contributed by atoms with E-state index in [9.17, 15) is 0 Å². The van der Waals surface area contributed by atoms with Gasteiger partial charge in [0.25, 0.3) is 0 Å². The molecule has 54 valence electrons. The topological polar surface area (TPSA) is 17.1 Å². The van der Waals surface area contributed by atoms with Crippen LogP contribution in [0.3, 0.4) is 0 Å². The molecule has 4 heteroatoms. The van der Waals surface area contributed by atoms with E-state index >= 15 is 0 Å². The maximum Gasteiger partial charge on any atom is 3.00 e. The minimum absolute atomic E-state index is 0. The maximum absolute atomic E-state index is 9.05. The van der Waals surface area contributed by atoms with Crippen LogP contribution in [0, 0.1) is 22.3 Å². The second-order valence-corrected chi connectivity index (χ2v) is 0.498. The minimum Gasteiger partial charge on any atom is -0.542 e. The van der Waals surface area contributed by atoms with Gasteiger partial charge in [-0.05, 0) is 0 Å². The van der Waals surface area contributed by atoms with Crippen LogP contribution in [0.2, 0.25) is 0 Å². The summed E-state index contributed by atoms with van der Waals surface area (Å²) in [6.07, 6.45) is 2.19. The predicted octanol–water partition coefficient (Wildman–Crippen LogP) is 1.85. The third-order valence-electron chi connectivity index (χ3n) is 0.144. The van der Waals surface area contributed by atoms with Gasteiger partial charge in [0, 0.05) is 65.4 Å². The Morgan fingerprint density at radius 1 is 1.10 bits per heavy atom. The summed E-state index contributed by atoms with van der Waals surface area (Å²) in [7, 11) is 0. The summed E-state index contributed by atoms with van der Waals surface area (Å²) >= 11 is 0. The summed E-state index contributed by atoms with van der Waals surface area (Å²) in [5, 5.41) is 0. The van der Waals surface area contributed by atoms with E-state index in [1.54, 1.807) is 13.2 Å². The Bertz CT molecular complexity index is 27.0. The monoisotopic (exact) mass is 369 g/mol. The van der Waals surface area contributed by atoms with Crippen LogP contribution >= 0.6 is 0 Å². The molecule has 0 aromatic heterocycles. The van der Waals surface area contributed by atoms with Crippen LogP contribution in [0.15, 0.2) is 0 Å². The molecule has 0 rings (SSSR count). The van der Waals surface area contributed by atoms with Gasteiger partial charge >= 0.3 is 32.7 Å². The summed E-state index contributed by atoms with van der Waals surface area (Å²) in [6.45, 7) is 1.76. The predicted molar refractivity (Wildman–Crippen MR) is 35.2 cm³/mol. The standard InChI is InChI=1S/C3H5O.3CH3.3Y/c1-2-3-4;;;;;;/h2H2,1H3;3*1H3;;;/q4*-1;;;+3. The fourth-order valence-electron chi connectivity index (χ4n) is 0. The minimum atomic E-state index is 0. The third-order valence-corrected chi connectivity index (χ3v) is 0.144. The van der Waals surface area contributed by atoms with E-state index in [-0.39, 0.29) is 120 Å². The van der Waals surface area contributed by atoms with E-state index in [0.717, 1.165) is 0 Å². The van der Waals surface area contributed by atoms with E-state index in [0.29, 0.717) is 6.42 Å². The molecule has 0 aromatic rings. The van der Waals surface area contributed by atoms with Gasteiger partial charge in [0.1, 0.15) is 0 Å². The van der Waals surface area contributed by atoms with E-state index in [2.05, 4.69) is 0 Å². The van der Waals surface area contributed by atoms with Gasteiger partial charge in [0.15, 0.2) is 0 Å². The quantitative estimate of drug-likeness (QED) is 0.646. The second kappa shape index (κ2) is 58.2. The normalized spacial score (nSPS) is 2.50. The number of hydrogen-bond donors (Lipinski definition) is 0. The molecular formula is C6H14OY3-. The smallest absolute Gasteiger partial charge is 0.542 e. The SMILES string of the molecule is CC[C-]=O.[CH3-].[CH3-].[CH3-].[Y+3].[Y].[Y]. The molecule has 0 aromatic carbocycles. The van der Waals surface area contributed by atoms with Crippen molar-refractivity contribution in [3.63, 3.8) is 0 Å². The van der Waals surface area contributed by atoms with Crippen molar-refractivity contribution in [2.24, 2.45) is 0 Å². The largest absolute Gasteiger partial charge is 3.00 e. The number of rotatable bonds is 1. The van der Waals surface area contributed by atoms with Gasteiger partial charge in [0.2, 0.25) is 0 Å². The summed E-state index contributed by atoms with van der Waals surface area (Å²) < 4.78 is 0. The Hall–Kier alpha value is 2.98. The van der Waals surface area contributed by atoms with Gasteiger partial charge in [-0.15, -0.1) is 0 Å². The van der Waals surface area contributed by atoms with Crippen LogP contribution in [0.25, 0.3) is 0 Å². The molecule has 0 amide bonds. The first kappa shape index (κ1) is 52.1. The van der Waals surface area contributed by atoms with Gasteiger partial charge in [-0.2, -0.15) is 6.42 Å². The molecule has 0 spiro atoms. The van der Waals surface area contributed by atoms with E-state index in [1.165, 1.54) is 0 Å². The van der Waals surface area contributed by atoms with Crippen LogP contribution < -0.4 is 0 Å². The summed E-state index contributed by atoms with van der Waals surface area (Å²) in [5.41, 5.74) is 0. The van der Waals surface area contributed by atoms with Gasteiger partial charge in [0.05, 0.1) is 0 Å². The molecule has 1 nitrogen and oxygen atoms in total. The molecule has 0 N–H and O–H groups in total. The van der Waals surface area contributed by atoms with Crippen molar-refractivity contribution in [2.45, 2.75) is 13.3 Å². The Kier molecular flexibility index (Phi) is 303. The summed E-state index contributed by atoms with van der Waals surface area (Å²) in [5.74, 6) is 0. The van der Waals surface area contributed by atoms with Gasteiger partial charge in [-0.3, -0.25) is 6.29 Å².